The molecule has 4 heteroatoms. The monoisotopic (exact) mass is 275 g/mol. The van der Waals surface area contributed by atoms with Gasteiger partial charge in [0.2, 0.25) is 0 Å². The standard InChI is InChI=1S/C10H11BrClNO/c1-14-10-4-3-8(7-9(10)11)13-6-2-5-12/h2-5,7,13H,6H2,1H3/b5-2+. The molecular weight excluding hydrogens is 265 g/mol. The van der Waals surface area contributed by atoms with Crippen molar-refractivity contribution in [3.8, 4) is 5.75 Å². The summed E-state index contributed by atoms with van der Waals surface area (Å²) in [7, 11) is 1.64. The Morgan fingerprint density at radius 1 is 1.57 bits per heavy atom. The maximum atomic E-state index is 5.40. The van der Waals surface area contributed by atoms with Crippen molar-refractivity contribution in [2.75, 3.05) is 19.0 Å². The van der Waals surface area contributed by atoms with Crippen LogP contribution in [0.15, 0.2) is 34.3 Å². The topological polar surface area (TPSA) is 21.3 Å². The second-order valence-electron chi connectivity index (χ2n) is 2.59. The molecule has 76 valence electrons. The minimum atomic E-state index is 0.711. The van der Waals surface area contributed by atoms with Crippen LogP contribution in [0.2, 0.25) is 0 Å². The van der Waals surface area contributed by atoms with Crippen molar-refractivity contribution < 1.29 is 4.74 Å². The van der Waals surface area contributed by atoms with Gasteiger partial charge in [-0.25, -0.2) is 0 Å². The van der Waals surface area contributed by atoms with Gasteiger partial charge in [-0.15, -0.1) is 0 Å². The largest absolute Gasteiger partial charge is 0.496 e. The van der Waals surface area contributed by atoms with Crippen LogP contribution in [0.5, 0.6) is 5.75 Å². The normalized spacial score (nSPS) is 10.5. The fourth-order valence-corrected chi connectivity index (χ4v) is 1.63. The zero-order valence-corrected chi connectivity index (χ0v) is 10.1. The molecule has 1 N–H and O–H groups in total. The number of benzene rings is 1. The second kappa shape index (κ2) is 5.94. The van der Waals surface area contributed by atoms with Gasteiger partial charge in [0.15, 0.2) is 0 Å². The number of ether oxygens (including phenoxy) is 1. The Bertz CT molecular complexity index is 328. The molecular formula is C10H11BrClNO. The van der Waals surface area contributed by atoms with Gasteiger partial charge in [-0.2, -0.15) is 0 Å². The molecule has 0 aromatic heterocycles. The van der Waals surface area contributed by atoms with E-state index in [1.165, 1.54) is 5.54 Å². The number of nitrogens with one attached hydrogen (secondary N) is 1. The van der Waals surface area contributed by atoms with Gasteiger partial charge in [-0.3, -0.25) is 0 Å². The van der Waals surface area contributed by atoms with E-state index >= 15 is 0 Å². The third-order valence-electron chi connectivity index (χ3n) is 1.66. The molecule has 0 bridgehead atoms. The van der Waals surface area contributed by atoms with Gasteiger partial charge in [-0.1, -0.05) is 17.7 Å². The summed E-state index contributed by atoms with van der Waals surface area (Å²) in [5.41, 5.74) is 2.51. The lowest BCUT2D eigenvalue weighted by Crippen LogP contribution is -1.97. The zero-order chi connectivity index (χ0) is 10.4. The molecule has 0 atom stereocenters. The molecule has 1 aromatic rings. The molecule has 0 fully saturated rings. The first-order valence-corrected chi connectivity index (χ1v) is 5.33. The fraction of sp³-hybridized carbons (Fsp3) is 0.200. The van der Waals surface area contributed by atoms with Crippen LogP contribution in [0.4, 0.5) is 5.69 Å². The first kappa shape index (κ1) is 11.4. The highest BCUT2D eigenvalue weighted by Gasteiger charge is 1.99. The summed E-state index contributed by atoms with van der Waals surface area (Å²) in [6.45, 7) is 0.711. The summed E-state index contributed by atoms with van der Waals surface area (Å²) in [6.07, 6.45) is 1.83. The van der Waals surface area contributed by atoms with E-state index in [0.29, 0.717) is 6.54 Å². The summed E-state index contributed by atoms with van der Waals surface area (Å²) < 4.78 is 6.05. The highest BCUT2D eigenvalue weighted by Crippen LogP contribution is 2.27. The van der Waals surface area contributed by atoms with Gasteiger partial charge >= 0.3 is 0 Å². The smallest absolute Gasteiger partial charge is 0.133 e. The Morgan fingerprint density at radius 3 is 2.93 bits per heavy atom. The van der Waals surface area contributed by atoms with E-state index in [-0.39, 0.29) is 0 Å². The predicted molar refractivity (Wildman–Crippen MR) is 64.2 cm³/mol. The summed E-state index contributed by atoms with van der Waals surface area (Å²) in [4.78, 5) is 0. The van der Waals surface area contributed by atoms with Crippen LogP contribution in [0, 0.1) is 0 Å². The fourth-order valence-electron chi connectivity index (χ4n) is 0.998. The van der Waals surface area contributed by atoms with Crippen molar-refractivity contribution in [2.45, 2.75) is 0 Å². The second-order valence-corrected chi connectivity index (χ2v) is 3.70. The summed E-state index contributed by atoms with van der Waals surface area (Å²) in [5.74, 6) is 0.823. The summed E-state index contributed by atoms with van der Waals surface area (Å²) in [5, 5.41) is 3.18. The molecule has 0 radical (unpaired) electrons. The molecule has 0 aliphatic carbocycles. The maximum absolute atomic E-state index is 5.40. The van der Waals surface area contributed by atoms with Crippen molar-refractivity contribution in [2.24, 2.45) is 0 Å². The Hall–Kier alpha value is -0.670. The average molecular weight is 277 g/mol. The quantitative estimate of drug-likeness (QED) is 0.907. The average Bonchev–Trinajstić information content (AvgIpc) is 2.18. The molecule has 2 nitrogen and oxygen atoms in total. The number of hydrogen-bond acceptors (Lipinski definition) is 2. The van der Waals surface area contributed by atoms with Gasteiger partial charge < -0.3 is 10.1 Å². The summed E-state index contributed by atoms with van der Waals surface area (Å²) >= 11 is 8.80. The van der Waals surface area contributed by atoms with Gasteiger partial charge in [0, 0.05) is 17.8 Å². The van der Waals surface area contributed by atoms with Crippen LogP contribution in [-0.2, 0) is 0 Å². The Kier molecular flexibility index (Phi) is 4.84. The number of halogens is 2. The van der Waals surface area contributed by atoms with E-state index < -0.39 is 0 Å². The Balaban J connectivity index is 2.66. The molecule has 0 saturated carbocycles. The Labute approximate surface area is 97.0 Å². The molecule has 0 aliphatic heterocycles. The van der Waals surface area contributed by atoms with E-state index in [9.17, 15) is 0 Å². The maximum Gasteiger partial charge on any atom is 0.133 e. The molecule has 0 aliphatic rings. The van der Waals surface area contributed by atoms with E-state index in [1.54, 1.807) is 7.11 Å². The lowest BCUT2D eigenvalue weighted by Gasteiger charge is -2.07. The highest BCUT2D eigenvalue weighted by molar-refractivity contribution is 9.10. The Morgan fingerprint density at radius 2 is 2.36 bits per heavy atom. The number of hydrogen-bond donors (Lipinski definition) is 1. The van der Waals surface area contributed by atoms with Gasteiger partial charge in [0.05, 0.1) is 11.6 Å². The van der Waals surface area contributed by atoms with Gasteiger partial charge in [-0.05, 0) is 34.1 Å². The van der Waals surface area contributed by atoms with Crippen molar-refractivity contribution in [3.63, 3.8) is 0 Å². The van der Waals surface area contributed by atoms with Gasteiger partial charge in [0.1, 0.15) is 5.75 Å². The zero-order valence-electron chi connectivity index (χ0n) is 7.76. The van der Waals surface area contributed by atoms with Gasteiger partial charge in [0.25, 0.3) is 0 Å². The minimum Gasteiger partial charge on any atom is -0.496 e. The predicted octanol–water partition coefficient (Wildman–Crippen LogP) is 3.62. The number of methoxy groups -OCH3 is 1. The third-order valence-corrected chi connectivity index (χ3v) is 2.46. The molecule has 0 heterocycles. The molecule has 14 heavy (non-hydrogen) atoms. The molecule has 0 amide bonds. The van der Waals surface area contributed by atoms with Crippen molar-refractivity contribution in [1.82, 2.24) is 0 Å². The van der Waals surface area contributed by atoms with Crippen molar-refractivity contribution >= 4 is 33.2 Å². The van der Waals surface area contributed by atoms with Crippen LogP contribution in [0.25, 0.3) is 0 Å². The van der Waals surface area contributed by atoms with Crippen LogP contribution in [0.1, 0.15) is 0 Å². The van der Waals surface area contributed by atoms with Crippen molar-refractivity contribution in [1.29, 1.82) is 0 Å². The van der Waals surface area contributed by atoms with Crippen LogP contribution in [0.3, 0.4) is 0 Å². The first-order valence-electron chi connectivity index (χ1n) is 4.10. The highest BCUT2D eigenvalue weighted by atomic mass is 79.9. The molecule has 0 saturated heterocycles. The number of rotatable bonds is 4. The first-order chi connectivity index (χ1) is 6.77. The lowest BCUT2D eigenvalue weighted by atomic mass is 10.3. The van der Waals surface area contributed by atoms with Crippen LogP contribution >= 0.6 is 27.5 Å². The van der Waals surface area contributed by atoms with Crippen LogP contribution < -0.4 is 10.1 Å². The van der Waals surface area contributed by atoms with Crippen molar-refractivity contribution in [3.05, 3.63) is 34.3 Å². The third kappa shape index (κ3) is 3.24. The molecule has 0 unspecified atom stereocenters. The lowest BCUT2D eigenvalue weighted by molar-refractivity contribution is 0.412. The molecule has 1 aromatic carbocycles. The van der Waals surface area contributed by atoms with E-state index in [4.69, 9.17) is 16.3 Å². The van der Waals surface area contributed by atoms with Crippen LogP contribution in [-0.4, -0.2) is 13.7 Å². The van der Waals surface area contributed by atoms with E-state index in [0.717, 1.165) is 15.9 Å². The van der Waals surface area contributed by atoms with E-state index in [1.807, 2.05) is 24.3 Å². The number of anilines is 1. The summed E-state index contributed by atoms with van der Waals surface area (Å²) in [6, 6.07) is 5.81. The van der Waals surface area contributed by atoms with E-state index in [2.05, 4.69) is 21.2 Å². The SMILES string of the molecule is COc1ccc(NC/C=C/Cl)cc1Br. The molecule has 0 spiro atoms. The molecule has 1 rings (SSSR count). The minimum absolute atomic E-state index is 0.711.